The van der Waals surface area contributed by atoms with Gasteiger partial charge in [-0.1, -0.05) is 66.2 Å². The molecule has 7 nitrogen and oxygen atoms in total. The number of fused-ring (bicyclic) bond motifs is 1. The van der Waals surface area contributed by atoms with Crippen LogP contribution in [0.2, 0.25) is 0 Å². The highest BCUT2D eigenvalue weighted by molar-refractivity contribution is 5.91. The van der Waals surface area contributed by atoms with Crippen LogP contribution in [0.4, 0.5) is 0 Å². The Morgan fingerprint density at radius 1 is 0.886 bits per heavy atom. The largest absolute Gasteiger partial charge is 0.454 e. The summed E-state index contributed by atoms with van der Waals surface area (Å²) in [6.45, 7) is 4.57. The number of oxazole rings is 1. The van der Waals surface area contributed by atoms with E-state index in [0.717, 1.165) is 22.6 Å². The van der Waals surface area contributed by atoms with Crippen molar-refractivity contribution in [2.45, 2.75) is 33.1 Å². The summed E-state index contributed by atoms with van der Waals surface area (Å²) in [6, 6.07) is 24.2. The molecule has 35 heavy (non-hydrogen) atoms. The van der Waals surface area contributed by atoms with Crippen LogP contribution in [0.15, 0.2) is 83.5 Å². The van der Waals surface area contributed by atoms with Gasteiger partial charge in [0, 0.05) is 19.6 Å². The van der Waals surface area contributed by atoms with Gasteiger partial charge in [0.2, 0.25) is 12.7 Å². The zero-order chi connectivity index (χ0) is 24.0. The van der Waals surface area contributed by atoms with E-state index in [1.807, 2.05) is 48.5 Å². The van der Waals surface area contributed by atoms with E-state index in [1.165, 1.54) is 17.4 Å². The van der Waals surface area contributed by atoms with Crippen LogP contribution in [-0.2, 0) is 26.2 Å². The molecule has 0 atom stereocenters. The third-order valence-electron chi connectivity index (χ3n) is 5.81. The number of hydrogen-bond acceptors (Lipinski definition) is 6. The zero-order valence-corrected chi connectivity index (χ0v) is 19.6. The number of nitrogens with zero attached hydrogens (tertiary/aromatic N) is 2. The first-order valence-corrected chi connectivity index (χ1v) is 11.6. The van der Waals surface area contributed by atoms with E-state index in [1.54, 1.807) is 0 Å². The first kappa shape index (κ1) is 22.7. The predicted molar refractivity (Wildman–Crippen MR) is 131 cm³/mol. The van der Waals surface area contributed by atoms with Crippen LogP contribution in [0, 0.1) is 6.92 Å². The van der Waals surface area contributed by atoms with Gasteiger partial charge in [0.15, 0.2) is 17.2 Å². The first-order valence-electron chi connectivity index (χ1n) is 11.6. The smallest absolute Gasteiger partial charge is 0.273 e. The van der Waals surface area contributed by atoms with Crippen molar-refractivity contribution in [2.24, 2.45) is 0 Å². The quantitative estimate of drug-likeness (QED) is 0.378. The van der Waals surface area contributed by atoms with Crippen molar-refractivity contribution >= 4 is 5.91 Å². The zero-order valence-electron chi connectivity index (χ0n) is 19.6. The van der Waals surface area contributed by atoms with E-state index in [4.69, 9.17) is 13.9 Å². The van der Waals surface area contributed by atoms with Crippen LogP contribution >= 0.6 is 0 Å². The van der Waals surface area contributed by atoms with Gasteiger partial charge in [0.1, 0.15) is 6.26 Å². The number of aromatic nitrogens is 1. The summed E-state index contributed by atoms with van der Waals surface area (Å²) in [5, 5.41) is 2.89. The number of carbonyl (C=O) groups excluding carboxylic acids is 1. The molecule has 0 bridgehead atoms. The predicted octanol–water partition coefficient (Wildman–Crippen LogP) is 4.84. The SMILES string of the molecule is Cc1ccc(CN(Cc2ccc3c(c2)OCO3)Cc2nc(C(=O)NCc3ccccc3)co2)cc1. The maximum atomic E-state index is 12.6. The molecule has 0 saturated heterocycles. The van der Waals surface area contributed by atoms with E-state index in [-0.39, 0.29) is 18.4 Å². The highest BCUT2D eigenvalue weighted by Gasteiger charge is 2.18. The first-order chi connectivity index (χ1) is 17.1. The molecular formula is C28H27N3O4. The minimum absolute atomic E-state index is 0.247. The average molecular weight is 470 g/mol. The Morgan fingerprint density at radius 2 is 1.63 bits per heavy atom. The van der Waals surface area contributed by atoms with Crippen LogP contribution in [0.5, 0.6) is 11.5 Å². The summed E-state index contributed by atoms with van der Waals surface area (Å²) in [6.07, 6.45) is 1.42. The second kappa shape index (κ2) is 10.4. The van der Waals surface area contributed by atoms with Crippen molar-refractivity contribution in [3.05, 3.63) is 113 Å². The van der Waals surface area contributed by atoms with Crippen molar-refractivity contribution in [2.75, 3.05) is 6.79 Å². The molecular weight excluding hydrogens is 442 g/mol. The summed E-state index contributed by atoms with van der Waals surface area (Å²) in [5.74, 6) is 1.75. The molecule has 5 rings (SSSR count). The van der Waals surface area contributed by atoms with Gasteiger partial charge in [0.05, 0.1) is 6.54 Å². The fraction of sp³-hybridized carbons (Fsp3) is 0.214. The molecule has 4 aromatic rings. The number of hydrogen-bond donors (Lipinski definition) is 1. The van der Waals surface area contributed by atoms with Crippen molar-refractivity contribution in [3.8, 4) is 11.5 Å². The Hall–Kier alpha value is -4.10. The molecule has 0 unspecified atom stereocenters. The summed E-state index contributed by atoms with van der Waals surface area (Å²) in [7, 11) is 0. The molecule has 0 spiro atoms. The van der Waals surface area contributed by atoms with Gasteiger partial charge in [0.25, 0.3) is 5.91 Å². The molecule has 178 valence electrons. The lowest BCUT2D eigenvalue weighted by atomic mass is 10.1. The molecule has 3 aromatic carbocycles. The lowest BCUT2D eigenvalue weighted by Gasteiger charge is -2.21. The molecule has 1 aliphatic rings. The van der Waals surface area contributed by atoms with Gasteiger partial charge in [-0.05, 0) is 35.7 Å². The number of amides is 1. The topological polar surface area (TPSA) is 76.8 Å². The molecule has 0 saturated carbocycles. The van der Waals surface area contributed by atoms with E-state index < -0.39 is 0 Å². The lowest BCUT2D eigenvalue weighted by Crippen LogP contribution is -2.24. The van der Waals surface area contributed by atoms with E-state index in [2.05, 4.69) is 46.4 Å². The third-order valence-corrected chi connectivity index (χ3v) is 5.81. The Labute approximate surface area is 204 Å². The number of ether oxygens (including phenoxy) is 2. The normalized spacial score (nSPS) is 12.2. The molecule has 0 radical (unpaired) electrons. The van der Waals surface area contributed by atoms with Gasteiger partial charge >= 0.3 is 0 Å². The Morgan fingerprint density at radius 3 is 2.46 bits per heavy atom. The van der Waals surface area contributed by atoms with Crippen LogP contribution in [0.25, 0.3) is 0 Å². The maximum absolute atomic E-state index is 12.6. The monoisotopic (exact) mass is 469 g/mol. The highest BCUT2D eigenvalue weighted by Crippen LogP contribution is 2.33. The fourth-order valence-corrected chi connectivity index (χ4v) is 3.96. The van der Waals surface area contributed by atoms with Gasteiger partial charge in [-0.15, -0.1) is 0 Å². The number of benzene rings is 3. The van der Waals surface area contributed by atoms with Crippen molar-refractivity contribution in [3.63, 3.8) is 0 Å². The van der Waals surface area contributed by atoms with Crippen LogP contribution in [0.1, 0.15) is 38.6 Å². The minimum atomic E-state index is -0.260. The Bertz CT molecular complexity index is 1290. The molecule has 1 N–H and O–H groups in total. The molecule has 1 amide bonds. The number of carbonyl (C=O) groups is 1. The second-order valence-corrected chi connectivity index (χ2v) is 8.61. The van der Waals surface area contributed by atoms with Gasteiger partial charge in [-0.3, -0.25) is 9.69 Å². The third kappa shape index (κ3) is 5.88. The average Bonchev–Trinajstić information content (AvgIpc) is 3.54. The molecule has 0 fully saturated rings. The highest BCUT2D eigenvalue weighted by atomic mass is 16.7. The second-order valence-electron chi connectivity index (χ2n) is 8.61. The van der Waals surface area contributed by atoms with Crippen molar-refractivity contribution in [1.82, 2.24) is 15.2 Å². The number of nitrogens with one attached hydrogen (secondary N) is 1. The maximum Gasteiger partial charge on any atom is 0.273 e. The number of aryl methyl sites for hydroxylation is 1. The number of rotatable bonds is 9. The van der Waals surface area contributed by atoms with Crippen LogP contribution < -0.4 is 14.8 Å². The summed E-state index contributed by atoms with van der Waals surface area (Å²) >= 11 is 0. The summed E-state index contributed by atoms with van der Waals surface area (Å²) < 4.78 is 16.7. The Balaban J connectivity index is 1.28. The molecule has 7 heteroatoms. The standard InChI is InChI=1S/C28H27N3O4/c1-20-7-9-22(10-8-20)15-31(16-23-11-12-25-26(13-23)35-19-34-25)17-27-30-24(18-33-27)28(32)29-14-21-5-3-2-4-6-21/h2-13,18H,14-17,19H2,1H3,(H,29,32). The summed E-state index contributed by atoms with van der Waals surface area (Å²) in [5.41, 5.74) is 4.79. The molecule has 0 aliphatic carbocycles. The van der Waals surface area contributed by atoms with E-state index in [0.29, 0.717) is 32.1 Å². The van der Waals surface area contributed by atoms with Crippen LogP contribution in [0.3, 0.4) is 0 Å². The van der Waals surface area contributed by atoms with Crippen LogP contribution in [-0.4, -0.2) is 22.6 Å². The molecule has 2 heterocycles. The van der Waals surface area contributed by atoms with Crippen molar-refractivity contribution in [1.29, 1.82) is 0 Å². The van der Waals surface area contributed by atoms with Crippen molar-refractivity contribution < 1.29 is 18.7 Å². The fourth-order valence-electron chi connectivity index (χ4n) is 3.96. The Kier molecular flexibility index (Phi) is 6.77. The van der Waals surface area contributed by atoms with E-state index in [9.17, 15) is 4.79 Å². The molecule has 1 aliphatic heterocycles. The van der Waals surface area contributed by atoms with Gasteiger partial charge in [-0.25, -0.2) is 4.98 Å². The lowest BCUT2D eigenvalue weighted by molar-refractivity contribution is 0.0945. The van der Waals surface area contributed by atoms with Gasteiger partial charge < -0.3 is 19.2 Å². The molecule has 1 aromatic heterocycles. The summed E-state index contributed by atoms with van der Waals surface area (Å²) in [4.78, 5) is 19.2. The minimum Gasteiger partial charge on any atom is -0.454 e. The van der Waals surface area contributed by atoms with E-state index >= 15 is 0 Å². The van der Waals surface area contributed by atoms with Gasteiger partial charge in [-0.2, -0.15) is 0 Å².